The van der Waals surface area contributed by atoms with Crippen LogP contribution in [0, 0.1) is 5.82 Å². The van der Waals surface area contributed by atoms with Gasteiger partial charge in [0.15, 0.2) is 23.5 Å². The van der Waals surface area contributed by atoms with Crippen LogP contribution in [0.15, 0.2) is 45.2 Å². The van der Waals surface area contributed by atoms with Gasteiger partial charge >= 0.3 is 12.8 Å². The number of amidine groups is 1. The Morgan fingerprint density at radius 2 is 2.00 bits per heavy atom. The summed E-state index contributed by atoms with van der Waals surface area (Å²) in [6.07, 6.45) is -6.65. The first-order chi connectivity index (χ1) is 13.9. The van der Waals surface area contributed by atoms with E-state index >= 15 is 0 Å². The number of allylic oxidation sites excluding steroid dienone is 2. The maximum atomic E-state index is 14.6. The quantitative estimate of drug-likeness (QED) is 0.538. The fourth-order valence-electron chi connectivity index (χ4n) is 3.80. The van der Waals surface area contributed by atoms with Gasteiger partial charge in [-0.3, -0.25) is 9.79 Å². The third kappa shape index (κ3) is 3.21. The second kappa shape index (κ2) is 6.82. The van der Waals surface area contributed by atoms with Crippen molar-refractivity contribution in [3.8, 4) is 0 Å². The van der Waals surface area contributed by atoms with E-state index in [0.717, 1.165) is 4.90 Å². The number of ether oxygens (including phenoxy) is 1. The number of carbonyl (C=O) groups is 1. The Labute approximate surface area is 172 Å². The van der Waals surface area contributed by atoms with E-state index in [0.29, 0.717) is 12.3 Å². The van der Waals surface area contributed by atoms with Gasteiger partial charge in [-0.15, -0.1) is 0 Å². The van der Waals surface area contributed by atoms with Gasteiger partial charge in [0.05, 0.1) is 22.2 Å². The number of Topliss-reactive ketones (excluding diaryl/α,β-unsaturated/α-hetero) is 1. The second-order valence-corrected chi connectivity index (χ2v) is 7.74. The van der Waals surface area contributed by atoms with Crippen LogP contribution in [-0.4, -0.2) is 42.0 Å². The zero-order valence-corrected chi connectivity index (χ0v) is 16.2. The van der Waals surface area contributed by atoms with Crippen molar-refractivity contribution in [1.82, 2.24) is 4.90 Å². The normalized spacial score (nSPS) is 25.8. The largest absolute Gasteiger partial charge is 0.431 e. The number of hydrogen-bond acceptors (Lipinski definition) is 4. The molecule has 1 aromatic carbocycles. The van der Waals surface area contributed by atoms with E-state index in [9.17, 15) is 35.5 Å². The molecule has 0 amide bonds. The van der Waals surface area contributed by atoms with Gasteiger partial charge in [0.25, 0.3) is 0 Å². The number of benzene rings is 1. The number of halogens is 8. The number of hydrogen-bond donors (Lipinski definition) is 0. The van der Waals surface area contributed by atoms with E-state index in [1.54, 1.807) is 0 Å². The Balaban J connectivity index is 1.88. The highest BCUT2D eigenvalue weighted by molar-refractivity contribution is 9.10. The molecule has 30 heavy (non-hydrogen) atoms. The van der Waals surface area contributed by atoms with Gasteiger partial charge in [-0.05, 0) is 33.6 Å². The summed E-state index contributed by atoms with van der Waals surface area (Å²) in [6.45, 7) is -3.86. The molecule has 1 spiro atoms. The molecule has 1 aliphatic carbocycles. The van der Waals surface area contributed by atoms with Crippen molar-refractivity contribution in [2.45, 2.75) is 30.9 Å². The molecule has 3 aliphatic rings. The van der Waals surface area contributed by atoms with Crippen LogP contribution >= 0.6 is 15.9 Å². The number of fused-ring (bicyclic) bond motifs is 3. The minimum atomic E-state index is -4.88. The summed E-state index contributed by atoms with van der Waals surface area (Å²) in [7, 11) is 0. The van der Waals surface area contributed by atoms with Crippen LogP contribution in [0.25, 0.3) is 0 Å². The smallest absolute Gasteiger partial charge is 0.417 e. The summed E-state index contributed by atoms with van der Waals surface area (Å²) in [5, 5.41) is 0. The van der Waals surface area contributed by atoms with Gasteiger partial charge in [-0.1, -0.05) is 6.07 Å². The monoisotopic (exact) mass is 498 g/mol. The molecule has 0 bridgehead atoms. The maximum absolute atomic E-state index is 14.6. The van der Waals surface area contributed by atoms with Crippen LogP contribution in [0.2, 0.25) is 0 Å². The predicted octanol–water partition coefficient (Wildman–Crippen LogP) is 5.01. The molecule has 0 saturated heterocycles. The Bertz CT molecular complexity index is 1030. The van der Waals surface area contributed by atoms with E-state index < -0.39 is 66.0 Å². The molecule has 0 fully saturated rings. The van der Waals surface area contributed by atoms with Crippen LogP contribution in [0.3, 0.4) is 0 Å². The molecule has 2 atom stereocenters. The first kappa shape index (κ1) is 20.9. The van der Waals surface area contributed by atoms with E-state index in [4.69, 9.17) is 0 Å². The van der Waals surface area contributed by atoms with Crippen molar-refractivity contribution in [1.29, 1.82) is 0 Å². The molecule has 1 aromatic rings. The Kier molecular flexibility index (Phi) is 4.75. The van der Waals surface area contributed by atoms with Crippen LogP contribution in [-0.2, 0) is 10.3 Å². The number of carbonyl (C=O) groups excluding carboxylic acids is 1. The molecule has 0 aromatic heterocycles. The fourth-order valence-corrected chi connectivity index (χ4v) is 4.13. The molecular formula is C18H10BrF7N2O2. The molecule has 0 unspecified atom stereocenters. The lowest BCUT2D eigenvalue weighted by Crippen LogP contribution is -2.42. The average molecular weight is 499 g/mol. The SMILES string of the molecule is O=C1c2c(ccc(Br)c2F)[C@@]2(C[C@H]1F)CN1C=C(C(F)(F)F)C=C(OC(F)F)C1=N2. The molecule has 12 heteroatoms. The van der Waals surface area contributed by atoms with E-state index in [1.807, 2.05) is 0 Å². The summed E-state index contributed by atoms with van der Waals surface area (Å²) >= 11 is 2.90. The van der Waals surface area contributed by atoms with E-state index in [2.05, 4.69) is 25.7 Å². The zero-order valence-electron chi connectivity index (χ0n) is 14.6. The summed E-state index contributed by atoms with van der Waals surface area (Å²) in [4.78, 5) is 17.3. The molecule has 160 valence electrons. The van der Waals surface area contributed by atoms with Gasteiger partial charge in [-0.25, -0.2) is 8.78 Å². The van der Waals surface area contributed by atoms with Crippen LogP contribution in [0.4, 0.5) is 30.7 Å². The van der Waals surface area contributed by atoms with Gasteiger partial charge in [0, 0.05) is 12.6 Å². The molecule has 2 heterocycles. The number of rotatable bonds is 2. The maximum Gasteiger partial charge on any atom is 0.417 e. The third-order valence-electron chi connectivity index (χ3n) is 5.01. The zero-order chi connectivity index (χ0) is 22.0. The molecule has 0 N–H and O–H groups in total. The van der Waals surface area contributed by atoms with Crippen molar-refractivity contribution >= 4 is 27.5 Å². The van der Waals surface area contributed by atoms with Gasteiger partial charge in [0.1, 0.15) is 11.4 Å². The van der Waals surface area contributed by atoms with Gasteiger partial charge < -0.3 is 9.64 Å². The van der Waals surface area contributed by atoms with E-state index in [1.165, 1.54) is 12.1 Å². The summed E-state index contributed by atoms with van der Waals surface area (Å²) in [6, 6.07) is 2.56. The number of alkyl halides is 6. The highest BCUT2D eigenvalue weighted by Gasteiger charge is 2.52. The third-order valence-corrected chi connectivity index (χ3v) is 5.63. The lowest BCUT2D eigenvalue weighted by molar-refractivity contribution is -0.0981. The van der Waals surface area contributed by atoms with Gasteiger partial charge in [-0.2, -0.15) is 22.0 Å². The van der Waals surface area contributed by atoms with Crippen LogP contribution in [0.5, 0.6) is 0 Å². The Morgan fingerprint density at radius 3 is 2.63 bits per heavy atom. The van der Waals surface area contributed by atoms with Crippen LogP contribution in [0.1, 0.15) is 22.3 Å². The number of aliphatic imine (C=N–C) groups is 1. The van der Waals surface area contributed by atoms with Crippen molar-refractivity contribution < 1.29 is 40.3 Å². The van der Waals surface area contributed by atoms with Gasteiger partial charge in [0.2, 0.25) is 0 Å². The lowest BCUT2D eigenvalue weighted by Gasteiger charge is -2.34. The first-order valence-corrected chi connectivity index (χ1v) is 9.21. The summed E-state index contributed by atoms with van der Waals surface area (Å²) in [5.41, 5.74) is -3.56. The molecular weight excluding hydrogens is 489 g/mol. The average Bonchev–Trinajstić information content (AvgIpc) is 3.00. The predicted molar refractivity (Wildman–Crippen MR) is 93.1 cm³/mol. The highest BCUT2D eigenvalue weighted by atomic mass is 79.9. The molecule has 2 aliphatic heterocycles. The molecule has 0 radical (unpaired) electrons. The lowest BCUT2D eigenvalue weighted by atomic mass is 9.75. The molecule has 0 saturated carbocycles. The van der Waals surface area contributed by atoms with E-state index in [-0.39, 0.29) is 15.9 Å². The van der Waals surface area contributed by atoms with Crippen molar-refractivity contribution in [3.05, 3.63) is 57.2 Å². The first-order valence-electron chi connectivity index (χ1n) is 8.42. The minimum Gasteiger partial charge on any atom is -0.431 e. The molecule has 4 rings (SSSR count). The number of nitrogens with zero attached hydrogens (tertiary/aromatic N) is 2. The minimum absolute atomic E-state index is 0.0395. The molecule has 4 nitrogen and oxygen atoms in total. The number of ketones is 1. The standard InChI is InChI=1S/C18H10BrF7N2O2/c19-9-2-1-8-12(13(9)21)14(29)10(20)4-17(8)6-28-5-7(18(24,25)26)3-11(15(28)27-17)30-16(22)23/h1-3,5,10,16H,4,6H2/t10-,17-/m1/s1. The summed E-state index contributed by atoms with van der Waals surface area (Å²) < 4.78 is 98.4. The second-order valence-electron chi connectivity index (χ2n) is 6.88. The summed E-state index contributed by atoms with van der Waals surface area (Å²) in [5.74, 6) is -3.40. The van der Waals surface area contributed by atoms with Crippen molar-refractivity contribution in [2.24, 2.45) is 4.99 Å². The Morgan fingerprint density at radius 1 is 1.30 bits per heavy atom. The highest BCUT2D eigenvalue weighted by Crippen LogP contribution is 2.47. The van der Waals surface area contributed by atoms with Crippen molar-refractivity contribution in [2.75, 3.05) is 6.54 Å². The van der Waals surface area contributed by atoms with Crippen molar-refractivity contribution in [3.63, 3.8) is 0 Å². The Hall–Kier alpha value is -2.37. The topological polar surface area (TPSA) is 41.9 Å². The van der Waals surface area contributed by atoms with Crippen LogP contribution < -0.4 is 0 Å². The fraction of sp³-hybridized carbons (Fsp3) is 0.333.